The molecule has 76 valence electrons. The van der Waals surface area contributed by atoms with Crippen molar-refractivity contribution in [2.75, 3.05) is 39.8 Å². The zero-order chi connectivity index (χ0) is 9.26. The lowest BCUT2D eigenvalue weighted by atomic mass is 10.2. The number of rotatable bonds is 1. The lowest BCUT2D eigenvalue weighted by Gasteiger charge is -2.50. The second kappa shape index (κ2) is 3.95. The Hall–Kier alpha value is -0.120. The highest BCUT2D eigenvalue weighted by Gasteiger charge is 2.33. The van der Waals surface area contributed by atoms with Gasteiger partial charge in [0.15, 0.2) is 0 Å². The highest BCUT2D eigenvalue weighted by molar-refractivity contribution is 4.81. The summed E-state index contributed by atoms with van der Waals surface area (Å²) in [6.07, 6.45) is 3.29. The first-order chi connectivity index (χ1) is 6.33. The van der Waals surface area contributed by atoms with Crippen LogP contribution < -0.4 is 0 Å². The van der Waals surface area contributed by atoms with Gasteiger partial charge in [-0.2, -0.15) is 0 Å². The molecule has 0 aromatic heterocycles. The molecule has 1 atom stereocenters. The summed E-state index contributed by atoms with van der Waals surface area (Å²) in [5.41, 5.74) is 0. The van der Waals surface area contributed by atoms with Crippen molar-refractivity contribution in [3.05, 3.63) is 0 Å². The first-order valence-corrected chi connectivity index (χ1v) is 5.51. The summed E-state index contributed by atoms with van der Waals surface area (Å²) in [4.78, 5) is 7.70. The standard InChI is InChI=1S/C10H21N3/c1-3-12-7-5-9-13-8-4-6-11(2)10(12)13/h10H,3-9H2,1-2H3. The van der Waals surface area contributed by atoms with Crippen LogP contribution in [0.1, 0.15) is 19.8 Å². The largest absolute Gasteiger partial charge is 0.279 e. The Labute approximate surface area is 81.3 Å². The first-order valence-electron chi connectivity index (χ1n) is 5.51. The summed E-state index contributed by atoms with van der Waals surface area (Å²) in [7, 11) is 2.25. The third-order valence-electron chi connectivity index (χ3n) is 3.30. The summed E-state index contributed by atoms with van der Waals surface area (Å²) in [6, 6.07) is 0. The lowest BCUT2D eigenvalue weighted by Crippen LogP contribution is -2.63. The van der Waals surface area contributed by atoms with Gasteiger partial charge in [-0.05, 0) is 26.4 Å². The zero-order valence-corrected chi connectivity index (χ0v) is 8.87. The van der Waals surface area contributed by atoms with Crippen molar-refractivity contribution in [1.82, 2.24) is 14.7 Å². The highest BCUT2D eigenvalue weighted by atomic mass is 15.5. The number of nitrogens with zero attached hydrogens (tertiary/aromatic N) is 3. The van der Waals surface area contributed by atoms with Crippen molar-refractivity contribution in [3.8, 4) is 0 Å². The third-order valence-corrected chi connectivity index (χ3v) is 3.30. The molecule has 0 aromatic rings. The highest BCUT2D eigenvalue weighted by Crippen LogP contribution is 2.20. The number of fused-ring (bicyclic) bond motifs is 1. The smallest absolute Gasteiger partial charge is 0.119 e. The second-order valence-electron chi connectivity index (χ2n) is 4.20. The molecular formula is C10H21N3. The van der Waals surface area contributed by atoms with E-state index in [4.69, 9.17) is 0 Å². The van der Waals surface area contributed by atoms with E-state index >= 15 is 0 Å². The number of hydrogen-bond donors (Lipinski definition) is 0. The second-order valence-corrected chi connectivity index (χ2v) is 4.20. The van der Waals surface area contributed by atoms with Crippen LogP contribution in [0.25, 0.3) is 0 Å². The maximum atomic E-state index is 2.62. The molecule has 0 amide bonds. The van der Waals surface area contributed by atoms with E-state index in [2.05, 4.69) is 28.7 Å². The summed E-state index contributed by atoms with van der Waals surface area (Å²) >= 11 is 0. The summed E-state index contributed by atoms with van der Waals surface area (Å²) in [5.74, 6) is 0. The van der Waals surface area contributed by atoms with Crippen LogP contribution >= 0.6 is 0 Å². The third kappa shape index (κ3) is 1.73. The molecule has 0 bridgehead atoms. The summed E-state index contributed by atoms with van der Waals surface area (Å²) in [6.45, 7) is 8.59. The Morgan fingerprint density at radius 2 is 1.77 bits per heavy atom. The van der Waals surface area contributed by atoms with Crippen LogP contribution in [-0.2, 0) is 0 Å². The fraction of sp³-hybridized carbons (Fsp3) is 1.00. The van der Waals surface area contributed by atoms with Gasteiger partial charge in [-0.3, -0.25) is 14.7 Å². The molecule has 1 unspecified atom stereocenters. The zero-order valence-electron chi connectivity index (χ0n) is 8.87. The number of hydrogen-bond acceptors (Lipinski definition) is 3. The molecule has 3 nitrogen and oxygen atoms in total. The Bertz CT molecular complexity index is 163. The molecule has 0 radical (unpaired) electrons. The van der Waals surface area contributed by atoms with Crippen LogP contribution in [0.4, 0.5) is 0 Å². The van der Waals surface area contributed by atoms with Crippen molar-refractivity contribution >= 4 is 0 Å². The van der Waals surface area contributed by atoms with Crippen molar-refractivity contribution in [1.29, 1.82) is 0 Å². The van der Waals surface area contributed by atoms with Gasteiger partial charge in [0, 0.05) is 26.2 Å². The van der Waals surface area contributed by atoms with Crippen LogP contribution in [-0.4, -0.2) is 60.8 Å². The van der Waals surface area contributed by atoms with Gasteiger partial charge in [0.05, 0.1) is 0 Å². The van der Waals surface area contributed by atoms with E-state index < -0.39 is 0 Å². The predicted molar refractivity (Wildman–Crippen MR) is 54.5 cm³/mol. The molecule has 2 saturated heterocycles. The van der Waals surface area contributed by atoms with Crippen LogP contribution in [0.15, 0.2) is 0 Å². The predicted octanol–water partition coefficient (Wildman–Crippen LogP) is 0.633. The molecule has 13 heavy (non-hydrogen) atoms. The molecule has 0 aromatic carbocycles. The quantitative estimate of drug-likeness (QED) is 0.590. The van der Waals surface area contributed by atoms with E-state index in [1.807, 2.05) is 0 Å². The maximum Gasteiger partial charge on any atom is 0.119 e. The van der Waals surface area contributed by atoms with E-state index in [-0.39, 0.29) is 0 Å². The Morgan fingerprint density at radius 3 is 2.46 bits per heavy atom. The molecule has 2 aliphatic rings. The van der Waals surface area contributed by atoms with Gasteiger partial charge in [0.1, 0.15) is 6.29 Å². The minimum Gasteiger partial charge on any atom is -0.279 e. The van der Waals surface area contributed by atoms with Crippen molar-refractivity contribution in [2.24, 2.45) is 0 Å². The van der Waals surface area contributed by atoms with E-state index in [0.717, 1.165) is 0 Å². The topological polar surface area (TPSA) is 9.72 Å². The molecule has 2 rings (SSSR count). The Balaban J connectivity index is 2.07. The van der Waals surface area contributed by atoms with Crippen LogP contribution in [0.3, 0.4) is 0 Å². The SMILES string of the molecule is CCN1CCCN2CCCN(C)C12. The molecule has 0 saturated carbocycles. The maximum absolute atomic E-state index is 2.62. The van der Waals surface area contributed by atoms with Crippen molar-refractivity contribution < 1.29 is 0 Å². The summed E-state index contributed by atoms with van der Waals surface area (Å²) in [5, 5.41) is 0. The monoisotopic (exact) mass is 183 g/mol. The molecule has 0 spiro atoms. The van der Waals surface area contributed by atoms with Gasteiger partial charge in [-0.25, -0.2) is 0 Å². The van der Waals surface area contributed by atoms with Gasteiger partial charge >= 0.3 is 0 Å². The lowest BCUT2D eigenvalue weighted by molar-refractivity contribution is -0.106. The van der Waals surface area contributed by atoms with Crippen LogP contribution in [0.2, 0.25) is 0 Å². The minimum atomic E-state index is 0.604. The normalized spacial score (nSPS) is 33.2. The molecule has 3 heteroatoms. The van der Waals surface area contributed by atoms with Gasteiger partial charge < -0.3 is 0 Å². The fourth-order valence-electron chi connectivity index (χ4n) is 2.68. The van der Waals surface area contributed by atoms with Crippen LogP contribution in [0, 0.1) is 0 Å². The molecular weight excluding hydrogens is 162 g/mol. The van der Waals surface area contributed by atoms with Gasteiger partial charge in [0.25, 0.3) is 0 Å². The van der Waals surface area contributed by atoms with E-state index in [1.54, 1.807) is 0 Å². The molecule has 2 aliphatic heterocycles. The summed E-state index contributed by atoms with van der Waals surface area (Å²) < 4.78 is 0. The molecule has 0 N–H and O–H groups in total. The Morgan fingerprint density at radius 1 is 1.08 bits per heavy atom. The minimum absolute atomic E-state index is 0.604. The Kier molecular flexibility index (Phi) is 2.86. The average molecular weight is 183 g/mol. The van der Waals surface area contributed by atoms with Gasteiger partial charge in [-0.1, -0.05) is 6.92 Å². The first kappa shape index (κ1) is 9.44. The van der Waals surface area contributed by atoms with E-state index in [9.17, 15) is 0 Å². The fourth-order valence-corrected chi connectivity index (χ4v) is 2.68. The molecule has 0 aliphatic carbocycles. The van der Waals surface area contributed by atoms with E-state index in [1.165, 1.54) is 45.6 Å². The molecule has 2 heterocycles. The average Bonchev–Trinajstić information content (AvgIpc) is 2.17. The van der Waals surface area contributed by atoms with Gasteiger partial charge in [-0.15, -0.1) is 0 Å². The molecule has 2 fully saturated rings. The van der Waals surface area contributed by atoms with Crippen LogP contribution in [0.5, 0.6) is 0 Å². The van der Waals surface area contributed by atoms with Crippen molar-refractivity contribution in [3.63, 3.8) is 0 Å². The van der Waals surface area contributed by atoms with Crippen molar-refractivity contribution in [2.45, 2.75) is 26.1 Å². The van der Waals surface area contributed by atoms with Gasteiger partial charge in [0.2, 0.25) is 0 Å². The van der Waals surface area contributed by atoms with E-state index in [0.29, 0.717) is 6.29 Å².